The highest BCUT2D eigenvalue weighted by Crippen LogP contribution is 2.37. The van der Waals surface area contributed by atoms with Crippen molar-refractivity contribution in [2.45, 2.75) is 18.5 Å². The van der Waals surface area contributed by atoms with Gasteiger partial charge in [0.25, 0.3) is 5.91 Å². The van der Waals surface area contributed by atoms with E-state index in [-0.39, 0.29) is 34.4 Å². The minimum atomic E-state index is -4.75. The summed E-state index contributed by atoms with van der Waals surface area (Å²) in [4.78, 5) is 18.5. The standard InChI is InChI=1S/C25H15ClF4N4O2/c26-22-21(24(35)33-6-3-14(4-7-33)19-2-1-18(27)9-16(19)11-31)32-23-20(25(28,29)30)10-17(12-34(22)23)15-5-8-36-13-15/h1-3,5-6,8-10,12-14H,4,7H2. The maximum Gasteiger partial charge on any atom is 0.420 e. The van der Waals surface area contributed by atoms with Crippen LogP contribution in [0.3, 0.4) is 0 Å². The lowest BCUT2D eigenvalue weighted by Crippen LogP contribution is -2.31. The van der Waals surface area contributed by atoms with Gasteiger partial charge in [0.2, 0.25) is 0 Å². The van der Waals surface area contributed by atoms with E-state index in [1.54, 1.807) is 6.08 Å². The molecular formula is C25H15ClF4N4O2. The molecule has 1 aliphatic heterocycles. The molecule has 1 aromatic carbocycles. The number of alkyl halides is 3. The molecule has 4 aromatic rings. The summed E-state index contributed by atoms with van der Waals surface area (Å²) in [6.07, 6.45) is 2.81. The van der Waals surface area contributed by atoms with E-state index in [9.17, 15) is 27.6 Å². The van der Waals surface area contributed by atoms with Crippen molar-refractivity contribution in [3.8, 4) is 17.2 Å². The summed E-state index contributed by atoms with van der Waals surface area (Å²) in [7, 11) is 0. The van der Waals surface area contributed by atoms with E-state index >= 15 is 0 Å². The molecule has 0 bridgehead atoms. The number of aromatic nitrogens is 2. The zero-order valence-electron chi connectivity index (χ0n) is 18.3. The van der Waals surface area contributed by atoms with Crippen LogP contribution in [-0.2, 0) is 6.18 Å². The summed E-state index contributed by atoms with van der Waals surface area (Å²) in [5, 5.41) is 9.05. The molecule has 0 saturated carbocycles. The molecule has 11 heteroatoms. The number of pyridine rings is 1. The third kappa shape index (κ3) is 4.12. The Morgan fingerprint density at radius 1 is 1.22 bits per heavy atom. The number of hydrogen-bond acceptors (Lipinski definition) is 4. The van der Waals surface area contributed by atoms with Gasteiger partial charge in [0.15, 0.2) is 11.3 Å². The average molecular weight is 515 g/mol. The van der Waals surface area contributed by atoms with E-state index < -0.39 is 29.1 Å². The molecule has 5 rings (SSSR count). The van der Waals surface area contributed by atoms with Crippen LogP contribution in [-0.4, -0.2) is 26.7 Å². The fourth-order valence-electron chi connectivity index (χ4n) is 4.22. The second kappa shape index (κ2) is 8.84. The zero-order valence-corrected chi connectivity index (χ0v) is 19.0. The molecular weight excluding hydrogens is 500 g/mol. The van der Waals surface area contributed by atoms with Gasteiger partial charge in [-0.25, -0.2) is 9.37 Å². The second-order valence-electron chi connectivity index (χ2n) is 8.18. The highest BCUT2D eigenvalue weighted by atomic mass is 35.5. The monoisotopic (exact) mass is 514 g/mol. The molecule has 1 amide bonds. The Bertz CT molecular complexity index is 1550. The number of benzene rings is 1. The van der Waals surface area contributed by atoms with Crippen LogP contribution in [0.5, 0.6) is 0 Å². The molecule has 0 saturated heterocycles. The Labute approximate surface area is 206 Å². The van der Waals surface area contributed by atoms with Crippen LogP contribution in [0.1, 0.15) is 39.5 Å². The van der Waals surface area contributed by atoms with Crippen molar-refractivity contribution in [1.29, 1.82) is 5.26 Å². The van der Waals surface area contributed by atoms with Crippen LogP contribution < -0.4 is 0 Å². The van der Waals surface area contributed by atoms with Crippen LogP contribution in [0.4, 0.5) is 17.6 Å². The van der Waals surface area contributed by atoms with Crippen LogP contribution in [0, 0.1) is 17.1 Å². The fourth-order valence-corrected chi connectivity index (χ4v) is 4.47. The number of carbonyl (C=O) groups is 1. The lowest BCUT2D eigenvalue weighted by molar-refractivity contribution is -0.136. The highest BCUT2D eigenvalue weighted by molar-refractivity contribution is 6.33. The third-order valence-electron chi connectivity index (χ3n) is 6.00. The van der Waals surface area contributed by atoms with Gasteiger partial charge in [0, 0.05) is 36.0 Å². The first-order valence-corrected chi connectivity index (χ1v) is 11.1. The number of amides is 1. The van der Waals surface area contributed by atoms with Crippen LogP contribution in [0.25, 0.3) is 16.8 Å². The molecule has 1 aliphatic rings. The SMILES string of the molecule is N#Cc1cc(F)ccc1C1C=CN(C(=O)c2nc3c(C(F)(F)F)cc(-c4ccoc4)cn3c2Cl)CC1. The van der Waals surface area contributed by atoms with Crippen LogP contribution in [0.15, 0.2) is 65.7 Å². The molecule has 36 heavy (non-hydrogen) atoms. The number of allylic oxidation sites excluding steroid dienone is 1. The van der Waals surface area contributed by atoms with Gasteiger partial charge >= 0.3 is 6.18 Å². The smallest absolute Gasteiger partial charge is 0.420 e. The summed E-state index contributed by atoms with van der Waals surface area (Å²) in [6.45, 7) is 0.193. The van der Waals surface area contributed by atoms with Crippen molar-refractivity contribution >= 4 is 23.2 Å². The Hall–Kier alpha value is -4.10. The summed E-state index contributed by atoms with van der Waals surface area (Å²) in [5.41, 5.74) is -0.453. The van der Waals surface area contributed by atoms with Gasteiger partial charge in [-0.1, -0.05) is 23.7 Å². The van der Waals surface area contributed by atoms with Crippen LogP contribution in [0.2, 0.25) is 5.15 Å². The number of hydrogen-bond donors (Lipinski definition) is 0. The quantitative estimate of drug-likeness (QED) is 0.296. The van der Waals surface area contributed by atoms with Crippen molar-refractivity contribution < 1.29 is 26.8 Å². The Morgan fingerprint density at radius 2 is 2.03 bits per heavy atom. The van der Waals surface area contributed by atoms with E-state index in [4.69, 9.17) is 16.0 Å². The molecule has 0 N–H and O–H groups in total. The van der Waals surface area contributed by atoms with Crippen LogP contribution >= 0.6 is 11.6 Å². The van der Waals surface area contributed by atoms with Gasteiger partial charge in [0.1, 0.15) is 11.0 Å². The molecule has 0 aliphatic carbocycles. The molecule has 0 spiro atoms. The van der Waals surface area contributed by atoms with Gasteiger partial charge < -0.3 is 9.32 Å². The predicted molar refractivity (Wildman–Crippen MR) is 122 cm³/mol. The normalized spacial score (nSPS) is 15.9. The number of nitrogens with zero attached hydrogens (tertiary/aromatic N) is 4. The maximum atomic E-state index is 13.9. The Kier molecular flexibility index (Phi) is 5.80. The predicted octanol–water partition coefficient (Wildman–Crippen LogP) is 6.42. The highest BCUT2D eigenvalue weighted by Gasteiger charge is 2.36. The number of furan rings is 1. The zero-order chi connectivity index (χ0) is 25.6. The number of fused-ring (bicyclic) bond motifs is 1. The molecule has 3 aromatic heterocycles. The van der Waals surface area contributed by atoms with E-state index in [1.165, 1.54) is 48.0 Å². The fraction of sp³-hybridized carbons (Fsp3) is 0.160. The molecule has 1 atom stereocenters. The van der Waals surface area contributed by atoms with Crippen molar-refractivity contribution in [3.63, 3.8) is 0 Å². The van der Waals surface area contributed by atoms with Gasteiger partial charge in [0.05, 0.1) is 29.7 Å². The first-order valence-electron chi connectivity index (χ1n) is 10.7. The van der Waals surface area contributed by atoms with Gasteiger partial charge in [-0.2, -0.15) is 18.4 Å². The number of rotatable bonds is 3. The molecule has 0 radical (unpaired) electrons. The summed E-state index contributed by atoms with van der Waals surface area (Å²) >= 11 is 6.37. The van der Waals surface area contributed by atoms with Gasteiger partial charge in [-0.15, -0.1) is 0 Å². The average Bonchev–Trinajstić information content (AvgIpc) is 3.51. The van der Waals surface area contributed by atoms with E-state index in [0.29, 0.717) is 17.5 Å². The van der Waals surface area contributed by atoms with Gasteiger partial charge in [-0.05, 0) is 36.2 Å². The van der Waals surface area contributed by atoms with Crippen molar-refractivity contribution in [3.05, 3.63) is 94.7 Å². The van der Waals surface area contributed by atoms with Crippen molar-refractivity contribution in [2.24, 2.45) is 0 Å². The largest absolute Gasteiger partial charge is 0.472 e. The summed E-state index contributed by atoms with van der Waals surface area (Å²) in [6, 6.07) is 8.33. The maximum absolute atomic E-state index is 13.9. The van der Waals surface area contributed by atoms with Gasteiger partial charge in [-0.3, -0.25) is 9.20 Å². The number of halogens is 5. The minimum absolute atomic E-state index is 0.190. The molecule has 4 heterocycles. The molecule has 0 fully saturated rings. The number of nitriles is 1. The lowest BCUT2D eigenvalue weighted by atomic mass is 9.90. The van der Waals surface area contributed by atoms with Crippen molar-refractivity contribution in [1.82, 2.24) is 14.3 Å². The topological polar surface area (TPSA) is 74.5 Å². The molecule has 6 nitrogen and oxygen atoms in total. The Balaban J connectivity index is 1.50. The minimum Gasteiger partial charge on any atom is -0.472 e. The number of imidazole rings is 1. The summed E-state index contributed by atoms with van der Waals surface area (Å²) < 4.78 is 61.0. The van der Waals surface area contributed by atoms with Crippen molar-refractivity contribution in [2.75, 3.05) is 6.54 Å². The van der Waals surface area contributed by atoms with E-state index in [1.807, 2.05) is 6.07 Å². The molecule has 182 valence electrons. The first kappa shape index (κ1) is 23.6. The summed E-state index contributed by atoms with van der Waals surface area (Å²) in [5.74, 6) is -1.44. The lowest BCUT2D eigenvalue weighted by Gasteiger charge is -2.26. The Morgan fingerprint density at radius 3 is 2.67 bits per heavy atom. The first-order chi connectivity index (χ1) is 17.2. The third-order valence-corrected chi connectivity index (χ3v) is 6.36. The number of carbonyl (C=O) groups excluding carboxylic acids is 1. The second-order valence-corrected chi connectivity index (χ2v) is 8.53. The van der Waals surface area contributed by atoms with E-state index in [2.05, 4.69) is 4.98 Å². The molecule has 1 unspecified atom stereocenters. The van der Waals surface area contributed by atoms with E-state index in [0.717, 1.165) is 16.5 Å².